The second-order valence-electron chi connectivity index (χ2n) is 3.89. The summed E-state index contributed by atoms with van der Waals surface area (Å²) in [5.74, 6) is 0.287. The highest BCUT2D eigenvalue weighted by Crippen LogP contribution is 2.22. The van der Waals surface area contributed by atoms with Crippen molar-refractivity contribution in [2.75, 3.05) is 11.1 Å². The number of rotatable bonds is 4. The van der Waals surface area contributed by atoms with Gasteiger partial charge in [0.15, 0.2) is 0 Å². The number of fused-ring (bicyclic) bond motifs is 1. The molecule has 3 N–H and O–H groups in total. The number of carbonyl (C=O) groups is 2. The maximum atomic E-state index is 11.5. The van der Waals surface area contributed by atoms with Crippen LogP contribution in [0.1, 0.15) is 12.8 Å². The molecular weight excluding hydrogens is 230 g/mol. The Bertz CT molecular complexity index is 596. The van der Waals surface area contributed by atoms with E-state index in [1.807, 2.05) is 18.2 Å². The molecule has 1 aromatic heterocycles. The summed E-state index contributed by atoms with van der Waals surface area (Å²) in [6, 6.07) is 7.23. The first kappa shape index (κ1) is 12.0. The molecule has 0 aliphatic rings. The number of aldehydes is 1. The summed E-state index contributed by atoms with van der Waals surface area (Å²) in [4.78, 5) is 25.6. The largest absolute Gasteiger partial charge is 0.383 e. The minimum atomic E-state index is -0.177. The molecule has 0 fully saturated rings. The molecule has 0 aliphatic heterocycles. The van der Waals surface area contributed by atoms with Crippen LogP contribution in [-0.4, -0.2) is 17.2 Å². The van der Waals surface area contributed by atoms with Gasteiger partial charge in [-0.3, -0.25) is 4.79 Å². The summed E-state index contributed by atoms with van der Waals surface area (Å²) in [7, 11) is 0. The van der Waals surface area contributed by atoms with Gasteiger partial charge in [-0.2, -0.15) is 0 Å². The molecule has 92 valence electrons. The Labute approximate surface area is 104 Å². The van der Waals surface area contributed by atoms with Gasteiger partial charge in [-0.25, -0.2) is 4.98 Å². The van der Waals surface area contributed by atoms with Crippen LogP contribution in [0, 0.1) is 0 Å². The molecule has 0 atom stereocenters. The van der Waals surface area contributed by atoms with Crippen molar-refractivity contribution in [3.63, 3.8) is 0 Å². The minimum Gasteiger partial charge on any atom is -0.383 e. The summed E-state index contributed by atoms with van der Waals surface area (Å²) in [5, 5.41) is 4.49. The van der Waals surface area contributed by atoms with Crippen LogP contribution < -0.4 is 11.1 Å². The average molecular weight is 243 g/mol. The lowest BCUT2D eigenvalue weighted by atomic mass is 10.1. The monoisotopic (exact) mass is 243 g/mol. The predicted molar refractivity (Wildman–Crippen MR) is 70.1 cm³/mol. The van der Waals surface area contributed by atoms with Crippen LogP contribution in [-0.2, 0) is 9.59 Å². The van der Waals surface area contributed by atoms with Crippen LogP contribution in [0.15, 0.2) is 30.5 Å². The third-order valence-corrected chi connectivity index (χ3v) is 2.57. The van der Waals surface area contributed by atoms with Crippen LogP contribution in [0.5, 0.6) is 0 Å². The van der Waals surface area contributed by atoms with E-state index in [9.17, 15) is 9.59 Å². The number of nitrogen functional groups attached to an aromatic ring is 1. The van der Waals surface area contributed by atoms with Crippen LogP contribution >= 0.6 is 0 Å². The highest BCUT2D eigenvalue weighted by Gasteiger charge is 2.04. The summed E-state index contributed by atoms with van der Waals surface area (Å²) in [5.41, 5.74) is 6.42. The number of hydrogen-bond acceptors (Lipinski definition) is 4. The van der Waals surface area contributed by atoms with E-state index in [1.54, 1.807) is 12.3 Å². The number of aromatic nitrogens is 1. The van der Waals surface area contributed by atoms with Gasteiger partial charge < -0.3 is 15.8 Å². The lowest BCUT2D eigenvalue weighted by Crippen LogP contribution is -2.11. The molecule has 0 aliphatic carbocycles. The zero-order valence-electron chi connectivity index (χ0n) is 9.72. The van der Waals surface area contributed by atoms with Crippen molar-refractivity contribution in [3.05, 3.63) is 30.5 Å². The van der Waals surface area contributed by atoms with Crippen LogP contribution in [0.3, 0.4) is 0 Å². The molecule has 2 rings (SSSR count). The maximum absolute atomic E-state index is 11.5. The van der Waals surface area contributed by atoms with E-state index >= 15 is 0 Å². The third kappa shape index (κ3) is 2.63. The van der Waals surface area contributed by atoms with E-state index < -0.39 is 0 Å². The Morgan fingerprint density at radius 1 is 1.39 bits per heavy atom. The van der Waals surface area contributed by atoms with Gasteiger partial charge in [0, 0.05) is 30.1 Å². The van der Waals surface area contributed by atoms with E-state index in [1.165, 1.54) is 0 Å². The molecule has 18 heavy (non-hydrogen) atoms. The van der Waals surface area contributed by atoms with Crippen molar-refractivity contribution in [2.24, 2.45) is 0 Å². The molecule has 0 saturated carbocycles. The Hall–Kier alpha value is -2.43. The zero-order valence-corrected chi connectivity index (χ0v) is 9.72. The topological polar surface area (TPSA) is 85.1 Å². The van der Waals surface area contributed by atoms with Gasteiger partial charge in [0.05, 0.1) is 0 Å². The van der Waals surface area contributed by atoms with Crippen molar-refractivity contribution in [3.8, 4) is 0 Å². The first-order chi connectivity index (χ1) is 8.70. The van der Waals surface area contributed by atoms with Crippen LogP contribution in [0.4, 0.5) is 11.5 Å². The van der Waals surface area contributed by atoms with Gasteiger partial charge in [-0.15, -0.1) is 0 Å². The molecule has 5 nitrogen and oxygen atoms in total. The molecule has 0 unspecified atom stereocenters. The van der Waals surface area contributed by atoms with Crippen molar-refractivity contribution >= 4 is 34.5 Å². The van der Waals surface area contributed by atoms with E-state index in [2.05, 4.69) is 10.3 Å². The van der Waals surface area contributed by atoms with Gasteiger partial charge in [-0.1, -0.05) is 0 Å². The van der Waals surface area contributed by atoms with Gasteiger partial charge in [0.1, 0.15) is 12.1 Å². The molecule has 2 aromatic rings. The van der Waals surface area contributed by atoms with E-state index in [0.29, 0.717) is 11.5 Å². The van der Waals surface area contributed by atoms with Crippen molar-refractivity contribution in [1.82, 2.24) is 4.98 Å². The summed E-state index contributed by atoms with van der Waals surface area (Å²) < 4.78 is 0. The number of carbonyl (C=O) groups excluding carboxylic acids is 2. The summed E-state index contributed by atoms with van der Waals surface area (Å²) in [6.45, 7) is 0. The lowest BCUT2D eigenvalue weighted by Gasteiger charge is -2.06. The number of nitrogens with zero attached hydrogens (tertiary/aromatic N) is 1. The number of hydrogen-bond donors (Lipinski definition) is 2. The summed E-state index contributed by atoms with van der Waals surface area (Å²) >= 11 is 0. The number of nitrogens with two attached hydrogens (primary N) is 1. The Kier molecular flexibility index (Phi) is 3.52. The smallest absolute Gasteiger partial charge is 0.224 e. The normalized spacial score (nSPS) is 10.2. The fourth-order valence-electron chi connectivity index (χ4n) is 1.69. The number of nitrogens with one attached hydrogen (secondary N) is 1. The van der Waals surface area contributed by atoms with Crippen LogP contribution in [0.25, 0.3) is 10.8 Å². The fourth-order valence-corrected chi connectivity index (χ4v) is 1.69. The predicted octanol–water partition coefficient (Wildman–Crippen LogP) is 1.73. The zero-order chi connectivity index (χ0) is 13.0. The van der Waals surface area contributed by atoms with Crippen molar-refractivity contribution in [1.29, 1.82) is 0 Å². The Balaban J connectivity index is 2.20. The van der Waals surface area contributed by atoms with Crippen molar-refractivity contribution < 1.29 is 9.59 Å². The van der Waals surface area contributed by atoms with Crippen molar-refractivity contribution in [2.45, 2.75) is 12.8 Å². The molecular formula is C13H13N3O2. The molecule has 1 heterocycles. The molecule has 5 heteroatoms. The van der Waals surface area contributed by atoms with E-state index in [0.717, 1.165) is 17.1 Å². The molecule has 0 radical (unpaired) electrons. The molecule has 0 spiro atoms. The molecule has 1 amide bonds. The van der Waals surface area contributed by atoms with Gasteiger partial charge >= 0.3 is 0 Å². The summed E-state index contributed by atoms with van der Waals surface area (Å²) in [6.07, 6.45) is 2.78. The average Bonchev–Trinajstić information content (AvgIpc) is 2.36. The Morgan fingerprint density at radius 3 is 3.00 bits per heavy atom. The van der Waals surface area contributed by atoms with Gasteiger partial charge in [0.25, 0.3) is 0 Å². The Morgan fingerprint density at radius 2 is 2.22 bits per heavy atom. The highest BCUT2D eigenvalue weighted by atomic mass is 16.1. The fraction of sp³-hybridized carbons (Fsp3) is 0.154. The second-order valence-corrected chi connectivity index (χ2v) is 3.89. The first-order valence-corrected chi connectivity index (χ1v) is 5.58. The second kappa shape index (κ2) is 5.27. The molecule has 0 saturated heterocycles. The highest BCUT2D eigenvalue weighted by molar-refractivity contribution is 5.97. The van der Waals surface area contributed by atoms with E-state index in [-0.39, 0.29) is 18.7 Å². The number of benzene rings is 1. The quantitative estimate of drug-likeness (QED) is 0.801. The van der Waals surface area contributed by atoms with Gasteiger partial charge in [-0.05, 0) is 29.7 Å². The number of anilines is 2. The van der Waals surface area contributed by atoms with Crippen LogP contribution in [0.2, 0.25) is 0 Å². The van der Waals surface area contributed by atoms with E-state index in [4.69, 9.17) is 5.73 Å². The first-order valence-electron chi connectivity index (χ1n) is 5.58. The maximum Gasteiger partial charge on any atom is 0.224 e. The number of pyridine rings is 1. The minimum absolute atomic E-state index is 0.177. The number of amides is 1. The third-order valence-electron chi connectivity index (χ3n) is 2.57. The van der Waals surface area contributed by atoms with Gasteiger partial charge in [0.2, 0.25) is 5.91 Å². The molecule has 1 aromatic carbocycles. The standard InChI is InChI=1S/C13H13N3O2/c14-13-11-4-3-10(8-9(11)5-6-15-13)16-12(18)2-1-7-17/h3-8H,1-2H2,(H2,14,15)(H,16,18). The SMILES string of the molecule is Nc1nccc2cc(NC(=O)CCC=O)ccc12. The lowest BCUT2D eigenvalue weighted by molar-refractivity contribution is -0.118. The molecule has 0 bridgehead atoms.